The number of fused-ring (bicyclic) bond motifs is 1. The number of anilines is 2. The summed E-state index contributed by atoms with van der Waals surface area (Å²) in [4.78, 5) is 30.9. The van der Waals surface area contributed by atoms with Crippen LogP contribution in [0.2, 0.25) is 5.02 Å². The lowest BCUT2D eigenvalue weighted by atomic mass is 10.1. The van der Waals surface area contributed by atoms with Gasteiger partial charge in [-0.3, -0.25) is 14.6 Å². The smallest absolute Gasteiger partial charge is 0.254 e. The van der Waals surface area contributed by atoms with E-state index in [0.717, 1.165) is 25.9 Å². The van der Waals surface area contributed by atoms with Crippen LogP contribution in [0.3, 0.4) is 0 Å². The number of hydrogen-bond donors (Lipinski definition) is 4. The van der Waals surface area contributed by atoms with Crippen LogP contribution in [-0.4, -0.2) is 73.6 Å². The molecule has 37 heavy (non-hydrogen) atoms. The van der Waals surface area contributed by atoms with Crippen LogP contribution in [0.5, 0.6) is 17.2 Å². The molecule has 1 saturated heterocycles. The van der Waals surface area contributed by atoms with E-state index in [1.165, 1.54) is 13.1 Å². The third-order valence-corrected chi connectivity index (χ3v) is 6.66. The number of likely N-dealkylation sites (tertiary alicyclic amines) is 1. The fourth-order valence-electron chi connectivity index (χ4n) is 4.38. The molecule has 1 atom stereocenters. The van der Waals surface area contributed by atoms with E-state index < -0.39 is 6.10 Å². The van der Waals surface area contributed by atoms with Gasteiger partial charge in [-0.2, -0.15) is 0 Å². The molecule has 1 fully saturated rings. The van der Waals surface area contributed by atoms with Gasteiger partial charge in [-0.15, -0.1) is 0 Å². The summed E-state index contributed by atoms with van der Waals surface area (Å²) in [6, 6.07) is 6.35. The summed E-state index contributed by atoms with van der Waals surface area (Å²) in [5, 5.41) is 16.6. The highest BCUT2D eigenvalue weighted by Gasteiger charge is 2.21. The topological polar surface area (TPSA) is 139 Å². The van der Waals surface area contributed by atoms with Crippen molar-refractivity contribution in [2.45, 2.75) is 18.9 Å². The Morgan fingerprint density at radius 1 is 1.24 bits per heavy atom. The van der Waals surface area contributed by atoms with Crippen LogP contribution in [-0.2, 0) is 0 Å². The average molecular weight is 528 g/mol. The van der Waals surface area contributed by atoms with Gasteiger partial charge in [0.1, 0.15) is 24.2 Å². The number of carbonyl (C=O) groups is 2. The van der Waals surface area contributed by atoms with Crippen molar-refractivity contribution in [2.24, 2.45) is 0 Å². The monoisotopic (exact) mass is 527 g/mol. The van der Waals surface area contributed by atoms with Crippen LogP contribution < -0.4 is 25.8 Å². The first kappa shape index (κ1) is 26.5. The number of carbonyl (C=O) groups excluding carboxylic acids is 2. The number of aromatic nitrogens is 1. The third-order valence-electron chi connectivity index (χ3n) is 6.27. The Hall–Kier alpha value is -3.60. The molecule has 0 unspecified atom stereocenters. The molecule has 11 heteroatoms. The highest BCUT2D eigenvalue weighted by Crippen LogP contribution is 2.41. The Labute approximate surface area is 219 Å². The van der Waals surface area contributed by atoms with Gasteiger partial charge < -0.3 is 35.8 Å². The number of benzene rings is 2. The molecule has 1 amide bonds. The number of hydrogen-bond acceptors (Lipinski definition) is 9. The van der Waals surface area contributed by atoms with Gasteiger partial charge in [0.25, 0.3) is 5.91 Å². The van der Waals surface area contributed by atoms with Gasteiger partial charge in [-0.25, -0.2) is 0 Å². The fourth-order valence-corrected chi connectivity index (χ4v) is 4.68. The maximum Gasteiger partial charge on any atom is 0.254 e. The largest absolute Gasteiger partial charge is 0.490 e. The second-order valence-electron chi connectivity index (χ2n) is 8.76. The summed E-state index contributed by atoms with van der Waals surface area (Å²) < 4.78 is 12.0. The Morgan fingerprint density at radius 2 is 2.00 bits per heavy atom. The molecule has 1 aliphatic heterocycles. The molecule has 1 aliphatic rings. The van der Waals surface area contributed by atoms with E-state index in [1.807, 2.05) is 0 Å². The van der Waals surface area contributed by atoms with E-state index in [1.54, 1.807) is 31.4 Å². The molecule has 2 heterocycles. The molecule has 0 radical (unpaired) electrons. The SMILES string of the molecule is CNC(=O)c1cc2c(Oc3cc(C=O)c(NC)c(Cl)c3N)ccnc2cc1OC[C@H](O)CN1CCCC1. The molecule has 196 valence electrons. The van der Waals surface area contributed by atoms with Crippen molar-refractivity contribution < 1.29 is 24.2 Å². The fraction of sp³-hybridized carbons (Fsp3) is 0.346. The lowest BCUT2D eigenvalue weighted by molar-refractivity contribution is 0.0746. The minimum absolute atomic E-state index is 0.0313. The molecular formula is C26H30ClN5O5. The van der Waals surface area contributed by atoms with Crippen LogP contribution in [0.15, 0.2) is 30.5 Å². The first-order valence-corrected chi connectivity index (χ1v) is 12.3. The van der Waals surface area contributed by atoms with Crippen molar-refractivity contribution in [3.63, 3.8) is 0 Å². The van der Waals surface area contributed by atoms with Gasteiger partial charge in [-0.1, -0.05) is 11.6 Å². The zero-order valence-electron chi connectivity index (χ0n) is 20.7. The number of ether oxygens (including phenoxy) is 2. The predicted octanol–water partition coefficient (Wildman–Crippen LogP) is 3.31. The second-order valence-corrected chi connectivity index (χ2v) is 9.14. The number of aliphatic hydroxyl groups excluding tert-OH is 1. The summed E-state index contributed by atoms with van der Waals surface area (Å²) in [5.74, 6) is 0.462. The Bertz CT molecular complexity index is 1310. The normalized spacial score (nSPS) is 14.4. The molecule has 0 bridgehead atoms. The maximum absolute atomic E-state index is 12.7. The van der Waals surface area contributed by atoms with Crippen molar-refractivity contribution in [1.29, 1.82) is 0 Å². The van der Waals surface area contributed by atoms with E-state index in [-0.39, 0.29) is 40.1 Å². The molecule has 5 N–H and O–H groups in total. The minimum atomic E-state index is -0.700. The predicted molar refractivity (Wildman–Crippen MR) is 143 cm³/mol. The molecule has 4 rings (SSSR count). The Kier molecular flexibility index (Phi) is 8.32. The quantitative estimate of drug-likeness (QED) is 0.231. The summed E-state index contributed by atoms with van der Waals surface area (Å²) in [6.45, 7) is 2.47. The zero-order valence-corrected chi connectivity index (χ0v) is 21.5. The molecular weight excluding hydrogens is 498 g/mol. The lowest BCUT2D eigenvalue weighted by Gasteiger charge is -2.20. The van der Waals surface area contributed by atoms with Crippen LogP contribution in [0.25, 0.3) is 10.9 Å². The number of amides is 1. The van der Waals surface area contributed by atoms with Crippen LogP contribution >= 0.6 is 11.6 Å². The summed E-state index contributed by atoms with van der Waals surface area (Å²) in [7, 11) is 3.15. The molecule has 0 saturated carbocycles. The molecule has 1 aromatic heterocycles. The van der Waals surface area contributed by atoms with Crippen molar-refractivity contribution in [2.75, 3.05) is 51.4 Å². The van der Waals surface area contributed by atoms with Crippen LogP contribution in [0.1, 0.15) is 33.6 Å². The Morgan fingerprint density at radius 3 is 2.68 bits per heavy atom. The molecule has 3 aromatic rings. The van der Waals surface area contributed by atoms with Gasteiger partial charge >= 0.3 is 0 Å². The van der Waals surface area contributed by atoms with E-state index in [2.05, 4.69) is 20.5 Å². The van der Waals surface area contributed by atoms with E-state index >= 15 is 0 Å². The lowest BCUT2D eigenvalue weighted by Crippen LogP contribution is -2.34. The van der Waals surface area contributed by atoms with E-state index in [9.17, 15) is 14.7 Å². The van der Waals surface area contributed by atoms with E-state index in [4.69, 9.17) is 26.8 Å². The number of halogens is 1. The third kappa shape index (κ3) is 5.71. The second kappa shape index (κ2) is 11.6. The first-order chi connectivity index (χ1) is 17.9. The highest BCUT2D eigenvalue weighted by atomic mass is 35.5. The number of β-amino-alcohol motifs (C(OH)–C–C–N with tert-alkyl or cyclic N) is 1. The van der Waals surface area contributed by atoms with Gasteiger partial charge in [0.2, 0.25) is 0 Å². The summed E-state index contributed by atoms with van der Waals surface area (Å²) in [6.07, 6.45) is 3.75. The zero-order chi connectivity index (χ0) is 26.5. The number of rotatable bonds is 10. The summed E-state index contributed by atoms with van der Waals surface area (Å²) in [5.41, 5.74) is 7.78. The minimum Gasteiger partial charge on any atom is -0.490 e. The Balaban J connectivity index is 1.67. The number of nitrogens with two attached hydrogens (primary N) is 1. The summed E-state index contributed by atoms with van der Waals surface area (Å²) >= 11 is 6.36. The van der Waals surface area contributed by atoms with Crippen molar-refractivity contribution in [3.8, 4) is 17.2 Å². The van der Waals surface area contributed by atoms with Crippen molar-refractivity contribution in [3.05, 3.63) is 46.6 Å². The molecule has 0 spiro atoms. The molecule has 10 nitrogen and oxygen atoms in total. The number of nitrogen functional groups attached to an aromatic ring is 1. The van der Waals surface area contributed by atoms with Crippen molar-refractivity contribution >= 4 is 46.1 Å². The number of nitrogens with one attached hydrogen (secondary N) is 2. The number of nitrogens with zero attached hydrogens (tertiary/aromatic N) is 2. The first-order valence-electron chi connectivity index (χ1n) is 12.0. The van der Waals surface area contributed by atoms with Gasteiger partial charge in [0, 0.05) is 43.9 Å². The molecule has 2 aromatic carbocycles. The van der Waals surface area contributed by atoms with Crippen molar-refractivity contribution in [1.82, 2.24) is 15.2 Å². The highest BCUT2D eigenvalue weighted by molar-refractivity contribution is 6.36. The standard InChI is InChI=1S/C26H30ClN5O5/c1-29-25-15(13-33)9-22(24(28)23(25)27)37-20-5-6-31-19-11-21(18(10-17(19)20)26(35)30-2)36-14-16(34)12-32-7-3-4-8-32/h5-6,9-11,13,16,29,34H,3-4,7-8,12,14,28H2,1-2H3,(H,30,35)/t16-/m1/s1. The number of pyridine rings is 1. The average Bonchev–Trinajstić information content (AvgIpc) is 3.42. The molecule has 0 aliphatic carbocycles. The maximum atomic E-state index is 12.7. The number of aliphatic hydroxyl groups is 1. The van der Waals surface area contributed by atoms with Gasteiger partial charge in [-0.05, 0) is 44.1 Å². The number of aldehydes is 1. The van der Waals surface area contributed by atoms with Gasteiger partial charge in [0.15, 0.2) is 12.0 Å². The van der Waals surface area contributed by atoms with Gasteiger partial charge in [0.05, 0.1) is 27.5 Å². The van der Waals surface area contributed by atoms with E-state index in [0.29, 0.717) is 40.9 Å². The van der Waals surface area contributed by atoms with Crippen LogP contribution in [0, 0.1) is 0 Å². The van der Waals surface area contributed by atoms with Crippen LogP contribution in [0.4, 0.5) is 11.4 Å².